The third kappa shape index (κ3) is 9.60. The van der Waals surface area contributed by atoms with Crippen LogP contribution in [-0.4, -0.2) is 11.7 Å². The standard InChI is InChI=1S/C4H8O2S.Cu/c5-4(6)2-1-3-7;/h7H,1-3H2,(H,5,6);/q;+1/p-1. The Morgan fingerprint density at radius 1 is 1.62 bits per heavy atom. The third-order valence-corrected chi connectivity index (χ3v) is 0.855. The van der Waals surface area contributed by atoms with Gasteiger partial charge in [0.15, 0.2) is 0 Å². The van der Waals surface area contributed by atoms with Crippen LogP contribution in [0.5, 0.6) is 0 Å². The van der Waals surface area contributed by atoms with E-state index in [0.29, 0.717) is 12.2 Å². The molecule has 0 bridgehead atoms. The Balaban J connectivity index is 0. The van der Waals surface area contributed by atoms with Gasteiger partial charge in [-0.2, -0.15) is 12.6 Å². The summed E-state index contributed by atoms with van der Waals surface area (Å²) in [7, 11) is 0. The molecule has 2 nitrogen and oxygen atoms in total. The molecule has 0 aliphatic heterocycles. The molecule has 0 aromatic heterocycles. The summed E-state index contributed by atoms with van der Waals surface area (Å²) in [5.74, 6) is -0.373. The molecule has 0 atom stereocenters. The van der Waals surface area contributed by atoms with Crippen molar-refractivity contribution in [1.82, 2.24) is 0 Å². The van der Waals surface area contributed by atoms with Gasteiger partial charge in [0.1, 0.15) is 0 Å². The zero-order valence-electron chi connectivity index (χ0n) is 4.19. The molecule has 0 heterocycles. The molecule has 0 unspecified atom stereocenters. The van der Waals surface area contributed by atoms with Gasteiger partial charge in [-0.1, -0.05) is 0 Å². The molecule has 0 fully saturated rings. The quantitative estimate of drug-likeness (QED) is 0.470. The first-order valence-corrected chi connectivity index (χ1v) is 2.71. The number of carboxylic acid groups (broad SMARTS) is 1. The summed E-state index contributed by atoms with van der Waals surface area (Å²) in [4.78, 5) is 9.61. The molecule has 0 radical (unpaired) electrons. The molecule has 0 spiro atoms. The van der Waals surface area contributed by atoms with E-state index < -0.39 is 5.97 Å². The predicted molar refractivity (Wildman–Crippen MR) is 28.1 cm³/mol. The fourth-order valence-corrected chi connectivity index (χ4v) is 0.382. The van der Waals surface area contributed by atoms with Gasteiger partial charge in [-0.05, 0) is 18.6 Å². The number of rotatable bonds is 3. The topological polar surface area (TPSA) is 40.1 Å². The Morgan fingerprint density at radius 2 is 2.12 bits per heavy atom. The molecule has 8 heavy (non-hydrogen) atoms. The Morgan fingerprint density at radius 3 is 2.25 bits per heavy atom. The van der Waals surface area contributed by atoms with Gasteiger partial charge in [0.05, 0.1) is 0 Å². The summed E-state index contributed by atoms with van der Waals surface area (Å²) < 4.78 is 0. The van der Waals surface area contributed by atoms with E-state index >= 15 is 0 Å². The number of carbonyl (C=O) groups excluding carboxylic acids is 1. The van der Waals surface area contributed by atoms with E-state index in [1.807, 2.05) is 0 Å². The molecule has 0 saturated heterocycles. The minimum Gasteiger partial charge on any atom is -0.550 e. The van der Waals surface area contributed by atoms with Crippen molar-refractivity contribution >= 4 is 18.6 Å². The molecule has 0 N–H and O–H groups in total. The van der Waals surface area contributed by atoms with Crippen LogP contribution >= 0.6 is 12.6 Å². The second-order valence-corrected chi connectivity index (χ2v) is 1.65. The zero-order chi connectivity index (χ0) is 5.70. The number of thiol groups is 1. The van der Waals surface area contributed by atoms with Crippen molar-refractivity contribution in [3.05, 3.63) is 0 Å². The van der Waals surface area contributed by atoms with E-state index in [-0.39, 0.29) is 23.5 Å². The minimum atomic E-state index is -0.992. The largest absolute Gasteiger partial charge is 1.00 e. The average Bonchev–Trinajstić information content (AvgIpc) is 1.61. The maximum absolute atomic E-state index is 9.61. The summed E-state index contributed by atoms with van der Waals surface area (Å²) >= 11 is 3.80. The van der Waals surface area contributed by atoms with Gasteiger partial charge >= 0.3 is 17.1 Å². The van der Waals surface area contributed by atoms with Gasteiger partial charge in [0.25, 0.3) is 0 Å². The van der Waals surface area contributed by atoms with Gasteiger partial charge in [-0.25, -0.2) is 0 Å². The SMILES string of the molecule is O=C([O-])CCCS.[Cu+]. The fraction of sp³-hybridized carbons (Fsp3) is 0.750. The van der Waals surface area contributed by atoms with Gasteiger partial charge < -0.3 is 9.90 Å². The van der Waals surface area contributed by atoms with E-state index in [9.17, 15) is 9.90 Å². The van der Waals surface area contributed by atoms with Crippen molar-refractivity contribution in [2.24, 2.45) is 0 Å². The van der Waals surface area contributed by atoms with Crippen LogP contribution in [0.15, 0.2) is 0 Å². The Bertz CT molecular complexity index is 67.1. The molecule has 0 amide bonds. The van der Waals surface area contributed by atoms with Crippen molar-refractivity contribution in [1.29, 1.82) is 0 Å². The Labute approximate surface area is 64.5 Å². The summed E-state index contributed by atoms with van der Waals surface area (Å²) in [5, 5.41) is 9.61. The van der Waals surface area contributed by atoms with E-state index in [0.717, 1.165) is 0 Å². The number of carboxylic acids is 1. The van der Waals surface area contributed by atoms with Crippen LogP contribution in [0.4, 0.5) is 0 Å². The van der Waals surface area contributed by atoms with Crippen LogP contribution in [0.3, 0.4) is 0 Å². The van der Waals surface area contributed by atoms with E-state index in [2.05, 4.69) is 12.6 Å². The number of carbonyl (C=O) groups is 1. The van der Waals surface area contributed by atoms with Crippen molar-refractivity contribution in [3.63, 3.8) is 0 Å². The number of hydrogen-bond donors (Lipinski definition) is 1. The third-order valence-electron chi connectivity index (χ3n) is 0.539. The minimum absolute atomic E-state index is 0. The van der Waals surface area contributed by atoms with Gasteiger partial charge in [0, 0.05) is 5.97 Å². The number of hydrogen-bond acceptors (Lipinski definition) is 3. The second kappa shape index (κ2) is 7.34. The molecule has 0 rings (SSSR count). The maximum atomic E-state index is 9.61. The van der Waals surface area contributed by atoms with Crippen molar-refractivity contribution in [2.45, 2.75) is 12.8 Å². The van der Waals surface area contributed by atoms with E-state index in [1.54, 1.807) is 0 Å². The number of aliphatic carboxylic acids is 1. The van der Waals surface area contributed by atoms with E-state index in [1.165, 1.54) is 0 Å². The second-order valence-electron chi connectivity index (χ2n) is 1.20. The first kappa shape index (κ1) is 11.2. The fourth-order valence-electron chi connectivity index (χ4n) is 0.223. The molecule has 4 heteroatoms. The first-order chi connectivity index (χ1) is 3.27. The van der Waals surface area contributed by atoms with Crippen molar-refractivity contribution in [2.75, 3.05) is 5.75 Å². The monoisotopic (exact) mass is 182 g/mol. The van der Waals surface area contributed by atoms with Crippen LogP contribution in [0.1, 0.15) is 12.8 Å². The molecule has 0 aliphatic carbocycles. The van der Waals surface area contributed by atoms with Crippen LogP contribution in [0.25, 0.3) is 0 Å². The molecule has 52 valence electrons. The van der Waals surface area contributed by atoms with Gasteiger partial charge in [-0.3, -0.25) is 0 Å². The Kier molecular flexibility index (Phi) is 10.3. The first-order valence-electron chi connectivity index (χ1n) is 2.08. The molecule has 0 aromatic rings. The smallest absolute Gasteiger partial charge is 0.550 e. The van der Waals surface area contributed by atoms with Crippen LogP contribution < -0.4 is 5.11 Å². The molecule has 0 saturated carbocycles. The molecular weight excluding hydrogens is 176 g/mol. The van der Waals surface area contributed by atoms with Crippen molar-refractivity contribution in [3.8, 4) is 0 Å². The average molecular weight is 183 g/mol. The van der Waals surface area contributed by atoms with Crippen LogP contribution in [0.2, 0.25) is 0 Å². The van der Waals surface area contributed by atoms with Crippen molar-refractivity contribution < 1.29 is 27.0 Å². The Hall–Kier alpha value is 0.339. The van der Waals surface area contributed by atoms with Gasteiger partial charge in [-0.15, -0.1) is 0 Å². The normalized spacial score (nSPS) is 7.62. The molecule has 0 aromatic carbocycles. The zero-order valence-corrected chi connectivity index (χ0v) is 6.02. The maximum Gasteiger partial charge on any atom is 1.00 e. The summed E-state index contributed by atoms with van der Waals surface area (Å²) in [5.41, 5.74) is 0. The summed E-state index contributed by atoms with van der Waals surface area (Å²) in [6.45, 7) is 0. The van der Waals surface area contributed by atoms with Crippen LogP contribution in [-0.2, 0) is 21.9 Å². The van der Waals surface area contributed by atoms with E-state index in [4.69, 9.17) is 0 Å². The van der Waals surface area contributed by atoms with Crippen LogP contribution in [0, 0.1) is 0 Å². The predicted octanol–water partition coefficient (Wildman–Crippen LogP) is -0.556. The molecular formula is C4H7CuO2S. The van der Waals surface area contributed by atoms with Gasteiger partial charge in [0.2, 0.25) is 0 Å². The molecule has 0 aliphatic rings. The summed E-state index contributed by atoms with van der Waals surface area (Å²) in [6.07, 6.45) is 0.731. The summed E-state index contributed by atoms with van der Waals surface area (Å²) in [6, 6.07) is 0.